The van der Waals surface area contributed by atoms with Gasteiger partial charge in [-0.25, -0.2) is 8.42 Å². The SMILES string of the molecule is CN=C(NCCC(=O)Nc1ccc(C)cc1Cl)NC1CCS(=O)(=O)C1.I. The third-order valence-corrected chi connectivity index (χ3v) is 5.92. The zero-order valence-corrected chi connectivity index (χ0v) is 18.6. The van der Waals surface area contributed by atoms with E-state index < -0.39 is 9.84 Å². The summed E-state index contributed by atoms with van der Waals surface area (Å²) in [6, 6.07) is 5.29. The summed E-state index contributed by atoms with van der Waals surface area (Å²) in [6.07, 6.45) is 0.795. The number of guanidine groups is 1. The highest BCUT2D eigenvalue weighted by Gasteiger charge is 2.28. The molecule has 2 rings (SSSR count). The van der Waals surface area contributed by atoms with Crippen LogP contribution in [-0.4, -0.2) is 51.4 Å². The normalized spacial score (nSPS) is 18.7. The second-order valence-electron chi connectivity index (χ2n) is 6.02. The molecule has 1 aliphatic heterocycles. The molecular formula is C16H24ClIN4O3S. The molecule has 1 aromatic carbocycles. The Balaban J connectivity index is 0.00000338. The van der Waals surface area contributed by atoms with Crippen molar-refractivity contribution in [2.24, 2.45) is 4.99 Å². The number of sulfone groups is 1. The number of rotatable bonds is 5. The first-order valence-corrected chi connectivity index (χ1v) is 10.2. The minimum atomic E-state index is -2.95. The largest absolute Gasteiger partial charge is 0.356 e. The van der Waals surface area contributed by atoms with Gasteiger partial charge >= 0.3 is 0 Å². The van der Waals surface area contributed by atoms with Crippen LogP contribution in [0.1, 0.15) is 18.4 Å². The Morgan fingerprint density at radius 3 is 2.69 bits per heavy atom. The second-order valence-corrected chi connectivity index (χ2v) is 8.66. The Bertz CT molecular complexity index is 771. The fraction of sp³-hybridized carbons (Fsp3) is 0.500. The van der Waals surface area contributed by atoms with Crippen molar-refractivity contribution < 1.29 is 13.2 Å². The first-order valence-electron chi connectivity index (χ1n) is 8.02. The van der Waals surface area contributed by atoms with E-state index in [1.54, 1.807) is 19.2 Å². The maximum atomic E-state index is 12.0. The van der Waals surface area contributed by atoms with Crippen molar-refractivity contribution in [2.75, 3.05) is 30.4 Å². The van der Waals surface area contributed by atoms with E-state index in [0.29, 0.717) is 29.6 Å². The molecular weight excluding hydrogens is 491 g/mol. The lowest BCUT2D eigenvalue weighted by molar-refractivity contribution is -0.116. The summed E-state index contributed by atoms with van der Waals surface area (Å²) in [6.45, 7) is 2.30. The molecule has 0 aromatic heterocycles. The maximum Gasteiger partial charge on any atom is 0.226 e. The van der Waals surface area contributed by atoms with Crippen LogP contribution in [0.3, 0.4) is 0 Å². The Hall–Kier alpha value is -1.07. The topological polar surface area (TPSA) is 99.7 Å². The van der Waals surface area contributed by atoms with E-state index in [-0.39, 0.29) is 53.9 Å². The number of aliphatic imine (C=N–C) groups is 1. The van der Waals surface area contributed by atoms with Gasteiger partial charge < -0.3 is 16.0 Å². The number of hydrogen-bond donors (Lipinski definition) is 3. The van der Waals surface area contributed by atoms with Crippen molar-refractivity contribution in [2.45, 2.75) is 25.8 Å². The summed E-state index contributed by atoms with van der Waals surface area (Å²) in [7, 11) is -1.34. The van der Waals surface area contributed by atoms with Crippen molar-refractivity contribution in [1.29, 1.82) is 0 Å². The predicted octanol–water partition coefficient (Wildman–Crippen LogP) is 1.95. The molecule has 10 heteroatoms. The molecule has 26 heavy (non-hydrogen) atoms. The van der Waals surface area contributed by atoms with Gasteiger partial charge in [-0.05, 0) is 31.0 Å². The van der Waals surface area contributed by atoms with Crippen LogP contribution in [0.2, 0.25) is 5.02 Å². The number of benzene rings is 1. The number of halogens is 2. The molecule has 1 amide bonds. The van der Waals surface area contributed by atoms with E-state index in [9.17, 15) is 13.2 Å². The van der Waals surface area contributed by atoms with Gasteiger partial charge in [0.2, 0.25) is 5.91 Å². The molecule has 1 aliphatic rings. The molecule has 146 valence electrons. The van der Waals surface area contributed by atoms with Gasteiger partial charge in [-0.1, -0.05) is 17.7 Å². The number of amides is 1. The van der Waals surface area contributed by atoms with E-state index in [4.69, 9.17) is 11.6 Å². The molecule has 1 heterocycles. The van der Waals surface area contributed by atoms with Crippen LogP contribution in [0.4, 0.5) is 5.69 Å². The highest BCUT2D eigenvalue weighted by atomic mass is 127. The van der Waals surface area contributed by atoms with Crippen LogP contribution in [0.5, 0.6) is 0 Å². The molecule has 1 aromatic rings. The van der Waals surface area contributed by atoms with E-state index in [1.165, 1.54) is 0 Å². The highest BCUT2D eigenvalue weighted by molar-refractivity contribution is 14.0. The Morgan fingerprint density at radius 1 is 1.38 bits per heavy atom. The first-order chi connectivity index (χ1) is 11.8. The van der Waals surface area contributed by atoms with Crippen molar-refractivity contribution in [3.63, 3.8) is 0 Å². The molecule has 0 aliphatic carbocycles. The predicted molar refractivity (Wildman–Crippen MR) is 116 cm³/mol. The van der Waals surface area contributed by atoms with Crippen molar-refractivity contribution in [1.82, 2.24) is 10.6 Å². The van der Waals surface area contributed by atoms with Crippen LogP contribution in [0.25, 0.3) is 0 Å². The lowest BCUT2D eigenvalue weighted by atomic mass is 10.2. The lowest BCUT2D eigenvalue weighted by Gasteiger charge is -2.16. The van der Waals surface area contributed by atoms with E-state index in [0.717, 1.165) is 5.56 Å². The van der Waals surface area contributed by atoms with Crippen LogP contribution >= 0.6 is 35.6 Å². The molecule has 7 nitrogen and oxygen atoms in total. The van der Waals surface area contributed by atoms with Gasteiger partial charge in [-0.3, -0.25) is 9.79 Å². The quantitative estimate of drug-likeness (QED) is 0.317. The summed E-state index contributed by atoms with van der Waals surface area (Å²) in [5, 5.41) is 9.34. The van der Waals surface area contributed by atoms with Crippen molar-refractivity contribution in [3.8, 4) is 0 Å². The monoisotopic (exact) mass is 514 g/mol. The Morgan fingerprint density at radius 2 is 2.12 bits per heavy atom. The number of carbonyl (C=O) groups excluding carboxylic acids is 1. The number of nitrogens with zero attached hydrogens (tertiary/aromatic N) is 1. The number of aryl methyl sites for hydroxylation is 1. The van der Waals surface area contributed by atoms with E-state index in [1.807, 2.05) is 13.0 Å². The van der Waals surface area contributed by atoms with Crippen molar-refractivity contribution >= 4 is 63.0 Å². The smallest absolute Gasteiger partial charge is 0.226 e. The minimum absolute atomic E-state index is 0. The Kier molecular flexibility index (Phi) is 9.11. The highest BCUT2D eigenvalue weighted by Crippen LogP contribution is 2.22. The van der Waals surface area contributed by atoms with Crippen LogP contribution in [0.15, 0.2) is 23.2 Å². The van der Waals surface area contributed by atoms with Crippen molar-refractivity contribution in [3.05, 3.63) is 28.8 Å². The number of carbonyl (C=O) groups is 1. The number of anilines is 1. The summed E-state index contributed by atoms with van der Waals surface area (Å²) >= 11 is 6.09. The molecule has 1 unspecified atom stereocenters. The number of hydrogen-bond acceptors (Lipinski definition) is 4. The average Bonchev–Trinajstić information content (AvgIpc) is 2.88. The second kappa shape index (κ2) is 10.3. The van der Waals surface area contributed by atoms with Gasteiger partial charge in [-0.2, -0.15) is 0 Å². The fourth-order valence-electron chi connectivity index (χ4n) is 2.53. The summed E-state index contributed by atoms with van der Waals surface area (Å²) in [5.41, 5.74) is 1.60. The average molecular weight is 515 g/mol. The summed E-state index contributed by atoms with van der Waals surface area (Å²) < 4.78 is 22.9. The zero-order chi connectivity index (χ0) is 18.4. The zero-order valence-electron chi connectivity index (χ0n) is 14.7. The third-order valence-electron chi connectivity index (χ3n) is 3.84. The maximum absolute atomic E-state index is 12.0. The van der Waals surface area contributed by atoms with Gasteiger partial charge in [0.25, 0.3) is 0 Å². The number of nitrogens with one attached hydrogen (secondary N) is 3. The van der Waals surface area contributed by atoms with Crippen LogP contribution in [0, 0.1) is 6.92 Å². The molecule has 0 bridgehead atoms. The van der Waals surface area contributed by atoms with E-state index in [2.05, 4.69) is 20.9 Å². The minimum Gasteiger partial charge on any atom is -0.356 e. The Labute approximate surface area is 176 Å². The first kappa shape index (κ1) is 23.0. The molecule has 3 N–H and O–H groups in total. The van der Waals surface area contributed by atoms with Gasteiger partial charge in [0, 0.05) is 26.1 Å². The van der Waals surface area contributed by atoms with Gasteiger partial charge in [0.1, 0.15) is 0 Å². The van der Waals surface area contributed by atoms with Crippen LogP contribution < -0.4 is 16.0 Å². The van der Waals surface area contributed by atoms with Gasteiger partial charge in [0.05, 0.1) is 22.2 Å². The standard InChI is InChI=1S/C16H23ClN4O3S.HI/c1-11-3-4-14(13(17)9-11)21-15(22)5-7-19-16(18-2)20-12-6-8-25(23,24)10-12;/h3-4,9,12H,5-8,10H2,1-2H3,(H,21,22)(H2,18,19,20);1H. The summed E-state index contributed by atoms with van der Waals surface area (Å²) in [4.78, 5) is 16.1. The third kappa shape index (κ3) is 7.28. The van der Waals surface area contributed by atoms with Crippen LogP contribution in [-0.2, 0) is 14.6 Å². The van der Waals surface area contributed by atoms with E-state index >= 15 is 0 Å². The molecule has 1 fully saturated rings. The molecule has 0 saturated carbocycles. The lowest BCUT2D eigenvalue weighted by Crippen LogP contribution is -2.44. The molecule has 0 radical (unpaired) electrons. The summed E-state index contributed by atoms with van der Waals surface area (Å²) in [5.74, 6) is 0.627. The van der Waals surface area contributed by atoms with Gasteiger partial charge in [0.15, 0.2) is 15.8 Å². The molecule has 1 atom stereocenters. The fourth-order valence-corrected chi connectivity index (χ4v) is 4.48. The molecule has 0 spiro atoms. The molecule has 1 saturated heterocycles. The van der Waals surface area contributed by atoms with Gasteiger partial charge in [-0.15, -0.1) is 24.0 Å².